The molecule has 144 valence electrons. The number of nitrogens with zero attached hydrogens (tertiary/aromatic N) is 4. The minimum atomic E-state index is -0.455. The molecular formula is C19H24FN5O2. The summed E-state index contributed by atoms with van der Waals surface area (Å²) in [6, 6.07) is 5.59. The maximum atomic E-state index is 13.4. The highest BCUT2D eigenvalue weighted by molar-refractivity contribution is 6.00. The minimum absolute atomic E-state index is 0.195. The lowest BCUT2D eigenvalue weighted by Gasteiger charge is -2.45. The van der Waals surface area contributed by atoms with Crippen LogP contribution in [0.3, 0.4) is 0 Å². The Morgan fingerprint density at radius 1 is 1.26 bits per heavy atom. The summed E-state index contributed by atoms with van der Waals surface area (Å²) in [6.07, 6.45) is 0.932. The molecule has 3 aliphatic heterocycles. The van der Waals surface area contributed by atoms with Gasteiger partial charge in [-0.3, -0.25) is 19.9 Å². The topological polar surface area (TPSA) is 59.1 Å². The third kappa shape index (κ3) is 2.80. The van der Waals surface area contributed by atoms with E-state index < -0.39 is 12.2 Å². The van der Waals surface area contributed by atoms with E-state index in [1.165, 1.54) is 17.0 Å². The van der Waals surface area contributed by atoms with Crippen LogP contribution in [0.4, 0.5) is 14.9 Å². The Balaban J connectivity index is 1.69. The molecule has 27 heavy (non-hydrogen) atoms. The zero-order chi connectivity index (χ0) is 19.3. The third-order valence-corrected chi connectivity index (χ3v) is 5.56. The van der Waals surface area contributed by atoms with Crippen molar-refractivity contribution >= 4 is 17.6 Å². The fourth-order valence-corrected chi connectivity index (χ4v) is 4.35. The quantitative estimate of drug-likeness (QED) is 0.808. The molecule has 1 N–H and O–H groups in total. The summed E-state index contributed by atoms with van der Waals surface area (Å²) < 4.78 is 13.4. The second-order valence-corrected chi connectivity index (χ2v) is 7.49. The summed E-state index contributed by atoms with van der Waals surface area (Å²) in [6.45, 7) is 7.50. The first kappa shape index (κ1) is 17.9. The Kier molecular flexibility index (Phi) is 4.39. The van der Waals surface area contributed by atoms with Crippen molar-refractivity contribution in [3.8, 4) is 0 Å². The van der Waals surface area contributed by atoms with Crippen molar-refractivity contribution in [2.75, 3.05) is 31.6 Å². The first-order valence-electron chi connectivity index (χ1n) is 9.15. The Morgan fingerprint density at radius 3 is 2.63 bits per heavy atom. The molecule has 3 saturated heterocycles. The summed E-state index contributed by atoms with van der Waals surface area (Å²) in [5, 5.41) is 3.44. The highest BCUT2D eigenvalue weighted by Gasteiger charge is 2.56. The molecule has 0 spiro atoms. The zero-order valence-corrected chi connectivity index (χ0v) is 15.5. The number of carbonyl (C=O) groups excluding carboxylic acids is 2. The van der Waals surface area contributed by atoms with Crippen molar-refractivity contribution in [3.05, 3.63) is 42.7 Å². The smallest absolute Gasteiger partial charge is 0.328 e. The van der Waals surface area contributed by atoms with Crippen LogP contribution < -0.4 is 10.2 Å². The lowest BCUT2D eigenvalue weighted by Crippen LogP contribution is -2.66. The van der Waals surface area contributed by atoms with E-state index in [1.54, 1.807) is 30.2 Å². The van der Waals surface area contributed by atoms with Gasteiger partial charge in [0.1, 0.15) is 24.3 Å². The average molecular weight is 373 g/mol. The highest BCUT2D eigenvalue weighted by atomic mass is 19.1. The van der Waals surface area contributed by atoms with Gasteiger partial charge in [-0.2, -0.15) is 0 Å². The van der Waals surface area contributed by atoms with Gasteiger partial charge in [0.2, 0.25) is 0 Å². The monoisotopic (exact) mass is 373 g/mol. The molecule has 1 aromatic carbocycles. The van der Waals surface area contributed by atoms with Crippen molar-refractivity contribution in [2.45, 2.75) is 25.4 Å². The summed E-state index contributed by atoms with van der Waals surface area (Å²) in [5.74, 6) is -0.170. The number of carbonyl (C=O) groups is 2. The SMILES string of the molecule is C=CCN1C(=O)C2C(NC3N(c4ccc(F)cc4)CC(C)CN23)N(C)C1=O. The van der Waals surface area contributed by atoms with Gasteiger partial charge in [0, 0.05) is 32.4 Å². The maximum Gasteiger partial charge on any atom is 0.328 e. The van der Waals surface area contributed by atoms with Crippen molar-refractivity contribution in [1.82, 2.24) is 20.0 Å². The standard InChI is InChI=1S/C19H24FN5O2/c1-4-9-23-17(26)15-16(22(3)19(23)27)21-18-24(10-12(2)11-25(15)18)14-7-5-13(20)6-8-14/h4-8,12,15-16,18,21H,1,9-11H2,2-3H3. The molecule has 4 atom stereocenters. The molecule has 4 rings (SSSR count). The second kappa shape index (κ2) is 6.61. The van der Waals surface area contributed by atoms with Gasteiger partial charge in [-0.15, -0.1) is 6.58 Å². The predicted octanol–water partition coefficient (Wildman–Crippen LogP) is 1.25. The van der Waals surface area contributed by atoms with Crippen molar-refractivity contribution < 1.29 is 14.0 Å². The molecule has 4 unspecified atom stereocenters. The first-order valence-corrected chi connectivity index (χ1v) is 9.15. The number of likely N-dealkylation sites (N-methyl/N-ethyl adjacent to an activating group) is 1. The van der Waals surface area contributed by atoms with Crippen LogP contribution in [-0.2, 0) is 4.79 Å². The van der Waals surface area contributed by atoms with Gasteiger partial charge < -0.3 is 9.80 Å². The second-order valence-electron chi connectivity index (χ2n) is 7.49. The number of hydrogen-bond donors (Lipinski definition) is 1. The fraction of sp³-hybridized carbons (Fsp3) is 0.474. The van der Waals surface area contributed by atoms with E-state index in [0.717, 1.165) is 18.8 Å². The number of urea groups is 1. The molecule has 3 heterocycles. The molecule has 0 saturated carbocycles. The van der Waals surface area contributed by atoms with E-state index in [4.69, 9.17) is 0 Å². The molecule has 1 aromatic rings. The Labute approximate surface area is 158 Å². The van der Waals surface area contributed by atoms with Crippen molar-refractivity contribution in [2.24, 2.45) is 5.92 Å². The molecule has 3 fully saturated rings. The Hall–Kier alpha value is -2.45. The largest absolute Gasteiger partial charge is 0.343 e. The number of anilines is 1. The highest BCUT2D eigenvalue weighted by Crippen LogP contribution is 2.34. The minimum Gasteiger partial charge on any atom is -0.343 e. The molecule has 0 aliphatic carbocycles. The van der Waals surface area contributed by atoms with Crippen LogP contribution in [0.1, 0.15) is 6.92 Å². The van der Waals surface area contributed by atoms with Gasteiger partial charge in [0.05, 0.1) is 0 Å². The van der Waals surface area contributed by atoms with Gasteiger partial charge in [-0.1, -0.05) is 13.0 Å². The molecule has 3 amide bonds. The average Bonchev–Trinajstić information content (AvgIpc) is 3.03. The number of nitrogens with one attached hydrogen (secondary N) is 1. The van der Waals surface area contributed by atoms with Crippen LogP contribution in [0.5, 0.6) is 0 Å². The number of rotatable bonds is 3. The van der Waals surface area contributed by atoms with Crippen LogP contribution in [0, 0.1) is 11.7 Å². The first-order chi connectivity index (χ1) is 12.9. The molecule has 8 heteroatoms. The van der Waals surface area contributed by atoms with Gasteiger partial charge >= 0.3 is 6.03 Å². The van der Waals surface area contributed by atoms with Gasteiger partial charge in [-0.05, 0) is 30.2 Å². The fourth-order valence-electron chi connectivity index (χ4n) is 4.35. The lowest BCUT2D eigenvalue weighted by atomic mass is 10.0. The van der Waals surface area contributed by atoms with E-state index in [-0.39, 0.29) is 30.6 Å². The summed E-state index contributed by atoms with van der Waals surface area (Å²) >= 11 is 0. The number of amides is 3. The third-order valence-electron chi connectivity index (χ3n) is 5.56. The maximum absolute atomic E-state index is 13.4. The van der Waals surface area contributed by atoms with Crippen LogP contribution >= 0.6 is 0 Å². The zero-order valence-electron chi connectivity index (χ0n) is 15.5. The van der Waals surface area contributed by atoms with Gasteiger partial charge in [-0.25, -0.2) is 9.18 Å². The number of halogens is 1. The Bertz CT molecular complexity index is 770. The molecule has 7 nitrogen and oxygen atoms in total. The number of benzene rings is 1. The van der Waals surface area contributed by atoms with Crippen LogP contribution in [-0.4, -0.2) is 71.8 Å². The van der Waals surface area contributed by atoms with Crippen molar-refractivity contribution in [3.63, 3.8) is 0 Å². The normalized spacial score (nSPS) is 31.1. The van der Waals surface area contributed by atoms with E-state index in [0.29, 0.717) is 5.92 Å². The number of fused-ring (bicyclic) bond motifs is 3. The van der Waals surface area contributed by atoms with Gasteiger partial charge in [0.15, 0.2) is 0 Å². The molecule has 0 bridgehead atoms. The van der Waals surface area contributed by atoms with Crippen molar-refractivity contribution in [1.29, 1.82) is 0 Å². The molecular weight excluding hydrogens is 349 g/mol. The number of imide groups is 1. The van der Waals surface area contributed by atoms with Crippen LogP contribution in [0.15, 0.2) is 36.9 Å². The van der Waals surface area contributed by atoms with Crippen LogP contribution in [0.25, 0.3) is 0 Å². The number of hydrogen-bond acceptors (Lipinski definition) is 5. The molecule has 0 aromatic heterocycles. The van der Waals surface area contributed by atoms with E-state index in [9.17, 15) is 14.0 Å². The van der Waals surface area contributed by atoms with E-state index in [2.05, 4.69) is 28.6 Å². The molecule has 3 aliphatic rings. The van der Waals surface area contributed by atoms with E-state index >= 15 is 0 Å². The Morgan fingerprint density at radius 2 is 1.96 bits per heavy atom. The lowest BCUT2D eigenvalue weighted by molar-refractivity contribution is -0.138. The molecule has 0 radical (unpaired) electrons. The summed E-state index contributed by atoms with van der Waals surface area (Å²) in [7, 11) is 1.71. The summed E-state index contributed by atoms with van der Waals surface area (Å²) in [4.78, 5) is 32.8. The van der Waals surface area contributed by atoms with E-state index in [1.807, 2.05) is 0 Å². The van der Waals surface area contributed by atoms with Crippen LogP contribution in [0.2, 0.25) is 0 Å². The predicted molar refractivity (Wildman–Crippen MR) is 99.2 cm³/mol. The summed E-state index contributed by atoms with van der Waals surface area (Å²) in [5.41, 5.74) is 0.883. The van der Waals surface area contributed by atoms with Gasteiger partial charge in [0.25, 0.3) is 5.91 Å².